The summed E-state index contributed by atoms with van der Waals surface area (Å²) in [6.45, 7) is 0. The Balaban J connectivity index is 2.56. The van der Waals surface area contributed by atoms with Gasteiger partial charge < -0.3 is 9.84 Å². The van der Waals surface area contributed by atoms with Crippen LogP contribution < -0.4 is 0 Å². The van der Waals surface area contributed by atoms with Crippen molar-refractivity contribution in [1.29, 1.82) is 0 Å². The van der Waals surface area contributed by atoms with E-state index in [1.165, 1.54) is 7.11 Å². The number of hydrogen-bond donors (Lipinski definition) is 1. The van der Waals surface area contributed by atoms with E-state index >= 15 is 0 Å². The molecule has 0 unspecified atom stereocenters. The highest BCUT2D eigenvalue weighted by atomic mass is 16.5. The summed E-state index contributed by atoms with van der Waals surface area (Å²) in [5, 5.41) is 9.14. The van der Waals surface area contributed by atoms with E-state index in [1.54, 1.807) is 30.4 Å². The van der Waals surface area contributed by atoms with Crippen molar-refractivity contribution in [3.8, 4) is 5.75 Å². The second kappa shape index (κ2) is 5.07. The van der Waals surface area contributed by atoms with E-state index in [-0.39, 0.29) is 18.1 Å². The number of methoxy groups -OCH3 is 1. The van der Waals surface area contributed by atoms with E-state index in [2.05, 4.69) is 4.74 Å². The fourth-order valence-electron chi connectivity index (χ4n) is 1.00. The number of aromatic hydroxyl groups is 1. The van der Waals surface area contributed by atoms with Crippen LogP contribution in [0.1, 0.15) is 12.0 Å². The molecule has 0 atom stereocenters. The van der Waals surface area contributed by atoms with Crippen molar-refractivity contribution in [3.63, 3.8) is 0 Å². The molecule has 3 heteroatoms. The molecule has 0 fully saturated rings. The van der Waals surface area contributed by atoms with Crippen LogP contribution in [0.2, 0.25) is 0 Å². The zero-order chi connectivity index (χ0) is 10.4. The standard InChI is InChI=1S/C11H12O3/c1-14-11(13)7-3-5-9-4-2-6-10(12)8-9/h2-6,8,12H,7H2,1H3/b5-3-. The fourth-order valence-corrected chi connectivity index (χ4v) is 1.00. The lowest BCUT2D eigenvalue weighted by molar-refractivity contribution is -0.139. The molecule has 0 spiro atoms. The lowest BCUT2D eigenvalue weighted by Gasteiger charge is -1.95. The summed E-state index contributed by atoms with van der Waals surface area (Å²) in [6, 6.07) is 6.80. The summed E-state index contributed by atoms with van der Waals surface area (Å²) in [6.07, 6.45) is 3.70. The SMILES string of the molecule is COC(=O)C/C=C\c1cccc(O)c1. The highest BCUT2D eigenvalue weighted by Gasteiger charge is 1.94. The van der Waals surface area contributed by atoms with Gasteiger partial charge >= 0.3 is 5.97 Å². The highest BCUT2D eigenvalue weighted by molar-refractivity contribution is 5.72. The smallest absolute Gasteiger partial charge is 0.309 e. The normalized spacial score (nSPS) is 10.4. The maximum atomic E-state index is 10.7. The number of benzene rings is 1. The number of carbonyl (C=O) groups excluding carboxylic acids is 1. The molecule has 0 aliphatic rings. The van der Waals surface area contributed by atoms with E-state index in [0.717, 1.165) is 5.56 Å². The molecule has 1 N–H and O–H groups in total. The first-order valence-corrected chi connectivity index (χ1v) is 4.25. The van der Waals surface area contributed by atoms with Crippen molar-refractivity contribution in [2.24, 2.45) is 0 Å². The van der Waals surface area contributed by atoms with E-state index in [0.29, 0.717) is 0 Å². The van der Waals surface area contributed by atoms with Gasteiger partial charge in [-0.25, -0.2) is 0 Å². The Morgan fingerprint density at radius 2 is 2.36 bits per heavy atom. The van der Waals surface area contributed by atoms with E-state index < -0.39 is 0 Å². The molecule has 0 bridgehead atoms. The summed E-state index contributed by atoms with van der Waals surface area (Å²) in [7, 11) is 1.35. The third-order valence-electron chi connectivity index (χ3n) is 1.69. The van der Waals surface area contributed by atoms with Gasteiger partial charge in [-0.2, -0.15) is 0 Å². The molecule has 74 valence electrons. The van der Waals surface area contributed by atoms with Crippen LogP contribution in [-0.2, 0) is 9.53 Å². The predicted octanol–water partition coefficient (Wildman–Crippen LogP) is 1.97. The molecule has 0 radical (unpaired) electrons. The van der Waals surface area contributed by atoms with E-state index in [9.17, 15) is 4.79 Å². The lowest BCUT2D eigenvalue weighted by atomic mass is 10.2. The molecule has 0 aliphatic carbocycles. The van der Waals surface area contributed by atoms with Gasteiger partial charge in [0.2, 0.25) is 0 Å². The Kier molecular flexibility index (Phi) is 3.73. The molecule has 1 aromatic carbocycles. The quantitative estimate of drug-likeness (QED) is 0.745. The number of ether oxygens (including phenoxy) is 1. The van der Waals surface area contributed by atoms with Crippen LogP contribution >= 0.6 is 0 Å². The van der Waals surface area contributed by atoms with E-state index in [4.69, 9.17) is 5.11 Å². The number of hydrogen-bond acceptors (Lipinski definition) is 3. The van der Waals surface area contributed by atoms with Gasteiger partial charge in [-0.05, 0) is 17.7 Å². The first-order chi connectivity index (χ1) is 6.72. The molecule has 0 heterocycles. The molecule has 0 aromatic heterocycles. The summed E-state index contributed by atoms with van der Waals surface area (Å²) in [5.41, 5.74) is 0.855. The molecule has 0 saturated carbocycles. The van der Waals surface area contributed by atoms with Gasteiger partial charge in [0.1, 0.15) is 5.75 Å². The molecule has 1 aromatic rings. The summed E-state index contributed by atoms with van der Waals surface area (Å²) >= 11 is 0. The zero-order valence-corrected chi connectivity index (χ0v) is 7.93. The van der Waals surface area contributed by atoms with Crippen molar-refractivity contribution < 1.29 is 14.6 Å². The van der Waals surface area contributed by atoms with Gasteiger partial charge in [-0.15, -0.1) is 0 Å². The molecule has 3 nitrogen and oxygen atoms in total. The van der Waals surface area contributed by atoms with Crippen molar-refractivity contribution >= 4 is 12.0 Å². The molecule has 0 aliphatic heterocycles. The van der Waals surface area contributed by atoms with Crippen molar-refractivity contribution in [2.45, 2.75) is 6.42 Å². The third kappa shape index (κ3) is 3.31. The number of carbonyl (C=O) groups is 1. The maximum Gasteiger partial charge on any atom is 0.309 e. The number of esters is 1. The Morgan fingerprint density at radius 3 is 3.00 bits per heavy atom. The van der Waals surface area contributed by atoms with Crippen molar-refractivity contribution in [3.05, 3.63) is 35.9 Å². The minimum absolute atomic E-state index is 0.213. The van der Waals surface area contributed by atoms with Gasteiger partial charge in [0.25, 0.3) is 0 Å². The Hall–Kier alpha value is -1.77. The first-order valence-electron chi connectivity index (χ1n) is 4.25. The Morgan fingerprint density at radius 1 is 1.57 bits per heavy atom. The van der Waals surface area contributed by atoms with Crippen LogP contribution in [-0.4, -0.2) is 18.2 Å². The van der Waals surface area contributed by atoms with Crippen LogP contribution in [0.15, 0.2) is 30.3 Å². The minimum Gasteiger partial charge on any atom is -0.508 e. The third-order valence-corrected chi connectivity index (χ3v) is 1.69. The first kappa shape index (κ1) is 10.3. The molecular weight excluding hydrogens is 180 g/mol. The maximum absolute atomic E-state index is 10.7. The zero-order valence-electron chi connectivity index (χ0n) is 7.93. The second-order valence-electron chi connectivity index (χ2n) is 2.78. The lowest BCUT2D eigenvalue weighted by Crippen LogP contribution is -1.96. The molecular formula is C11H12O3. The summed E-state index contributed by atoms with van der Waals surface area (Å²) < 4.78 is 4.47. The number of phenolic OH excluding ortho intramolecular Hbond substituents is 1. The van der Waals surface area contributed by atoms with Gasteiger partial charge in [0.05, 0.1) is 13.5 Å². The Bertz CT molecular complexity index is 342. The van der Waals surface area contributed by atoms with Crippen molar-refractivity contribution in [2.75, 3.05) is 7.11 Å². The average molecular weight is 192 g/mol. The topological polar surface area (TPSA) is 46.5 Å². The Labute approximate surface area is 82.6 Å². The highest BCUT2D eigenvalue weighted by Crippen LogP contribution is 2.12. The number of phenols is 1. The van der Waals surface area contributed by atoms with Crippen molar-refractivity contribution in [1.82, 2.24) is 0 Å². The van der Waals surface area contributed by atoms with Crippen LogP contribution in [0.4, 0.5) is 0 Å². The number of rotatable bonds is 3. The predicted molar refractivity (Wildman–Crippen MR) is 53.8 cm³/mol. The molecule has 1 rings (SSSR count). The van der Waals surface area contributed by atoms with Crippen LogP contribution in [0, 0.1) is 0 Å². The van der Waals surface area contributed by atoms with Gasteiger partial charge in [0.15, 0.2) is 0 Å². The van der Waals surface area contributed by atoms with Gasteiger partial charge in [-0.3, -0.25) is 4.79 Å². The fraction of sp³-hybridized carbons (Fsp3) is 0.182. The van der Waals surface area contributed by atoms with Crippen LogP contribution in [0.3, 0.4) is 0 Å². The monoisotopic (exact) mass is 192 g/mol. The minimum atomic E-state index is -0.276. The summed E-state index contributed by atoms with van der Waals surface area (Å²) in [4.78, 5) is 10.7. The summed E-state index contributed by atoms with van der Waals surface area (Å²) in [5.74, 6) is -0.0633. The largest absolute Gasteiger partial charge is 0.508 e. The van der Waals surface area contributed by atoms with E-state index in [1.807, 2.05) is 6.07 Å². The van der Waals surface area contributed by atoms with Crippen LogP contribution in [0.5, 0.6) is 5.75 Å². The van der Waals surface area contributed by atoms with Gasteiger partial charge in [0, 0.05) is 0 Å². The van der Waals surface area contributed by atoms with Gasteiger partial charge in [-0.1, -0.05) is 24.3 Å². The molecule has 0 saturated heterocycles. The molecule has 0 amide bonds. The molecule has 14 heavy (non-hydrogen) atoms. The van der Waals surface area contributed by atoms with Crippen LogP contribution in [0.25, 0.3) is 6.08 Å². The average Bonchev–Trinajstić information content (AvgIpc) is 2.17. The second-order valence-corrected chi connectivity index (χ2v) is 2.78.